The average molecular weight is 456 g/mol. The van der Waals surface area contributed by atoms with Gasteiger partial charge in [-0.2, -0.15) is 0 Å². The minimum Gasteiger partial charge on any atom is -0.444 e. The SMILES string of the molecule is CCN=C(NCC)N(C)CCC(NC(=O)OC(C)(C)C)C(C)C.I. The molecule has 0 aromatic rings. The molecule has 1 unspecified atom stereocenters. The topological polar surface area (TPSA) is 66.0 Å². The number of carbonyl (C=O) groups is 1. The molecule has 24 heavy (non-hydrogen) atoms. The van der Waals surface area contributed by atoms with Crippen LogP contribution in [-0.2, 0) is 4.74 Å². The van der Waals surface area contributed by atoms with E-state index in [1.54, 1.807) is 0 Å². The first-order chi connectivity index (χ1) is 10.6. The summed E-state index contributed by atoms with van der Waals surface area (Å²) in [5, 5.41) is 6.26. The lowest BCUT2D eigenvalue weighted by molar-refractivity contribution is 0.0486. The highest BCUT2D eigenvalue weighted by molar-refractivity contribution is 14.0. The Morgan fingerprint density at radius 1 is 1.25 bits per heavy atom. The fourth-order valence-electron chi connectivity index (χ4n) is 2.09. The first kappa shape index (κ1) is 25.5. The van der Waals surface area contributed by atoms with Crippen molar-refractivity contribution in [2.45, 2.75) is 66.5 Å². The van der Waals surface area contributed by atoms with Crippen LogP contribution in [-0.4, -0.2) is 55.3 Å². The molecule has 6 nitrogen and oxygen atoms in total. The standard InChI is InChI=1S/C17H36N4O2.HI/c1-9-18-15(19-10-2)21(8)12-11-14(13(3)4)20-16(22)23-17(5,6)7;/h13-14H,9-12H2,1-8H3,(H,18,19)(H,20,22);1H. The molecule has 0 aliphatic heterocycles. The van der Waals surface area contributed by atoms with E-state index < -0.39 is 5.60 Å². The zero-order valence-corrected chi connectivity index (χ0v) is 18.9. The molecule has 2 N–H and O–H groups in total. The van der Waals surface area contributed by atoms with Crippen LogP contribution in [0.25, 0.3) is 0 Å². The molecule has 0 aromatic carbocycles. The summed E-state index contributed by atoms with van der Waals surface area (Å²) in [7, 11) is 2.02. The van der Waals surface area contributed by atoms with E-state index in [-0.39, 0.29) is 36.1 Å². The number of alkyl carbamates (subject to hydrolysis) is 1. The van der Waals surface area contributed by atoms with Crippen LogP contribution in [0.2, 0.25) is 0 Å². The highest BCUT2D eigenvalue weighted by atomic mass is 127. The van der Waals surface area contributed by atoms with Crippen LogP contribution < -0.4 is 10.6 Å². The molecule has 1 atom stereocenters. The van der Waals surface area contributed by atoms with Crippen molar-refractivity contribution >= 4 is 36.0 Å². The second kappa shape index (κ2) is 12.6. The van der Waals surface area contributed by atoms with Crippen molar-refractivity contribution in [3.8, 4) is 0 Å². The number of aliphatic imine (C=N–C) groups is 1. The van der Waals surface area contributed by atoms with Crippen LogP contribution in [0.5, 0.6) is 0 Å². The second-order valence-corrected chi connectivity index (χ2v) is 7.04. The molecule has 0 saturated heterocycles. The molecular formula is C17H37IN4O2. The number of carbonyl (C=O) groups excluding carboxylic acids is 1. The molecular weight excluding hydrogens is 419 g/mol. The van der Waals surface area contributed by atoms with E-state index in [9.17, 15) is 4.79 Å². The largest absolute Gasteiger partial charge is 0.444 e. The molecule has 0 aromatic heterocycles. The molecule has 144 valence electrons. The van der Waals surface area contributed by atoms with Crippen LogP contribution in [0.1, 0.15) is 54.9 Å². The first-order valence-electron chi connectivity index (χ1n) is 8.59. The normalized spacial score (nSPS) is 13.1. The lowest BCUT2D eigenvalue weighted by atomic mass is 10.0. The van der Waals surface area contributed by atoms with Gasteiger partial charge < -0.3 is 20.3 Å². The van der Waals surface area contributed by atoms with E-state index in [1.165, 1.54) is 0 Å². The molecule has 0 heterocycles. The molecule has 0 fully saturated rings. The molecule has 0 saturated carbocycles. The maximum atomic E-state index is 12.0. The van der Waals surface area contributed by atoms with Gasteiger partial charge in [-0.05, 0) is 47.0 Å². The third kappa shape index (κ3) is 11.8. The summed E-state index contributed by atoms with van der Waals surface area (Å²) >= 11 is 0. The Kier molecular flexibility index (Phi) is 13.4. The molecule has 0 rings (SSSR count). The molecule has 0 spiro atoms. The number of amides is 1. The Balaban J connectivity index is 0. The second-order valence-electron chi connectivity index (χ2n) is 7.04. The lowest BCUT2D eigenvalue weighted by Crippen LogP contribution is -2.45. The van der Waals surface area contributed by atoms with Crippen LogP contribution in [0.4, 0.5) is 4.79 Å². The maximum absolute atomic E-state index is 12.0. The summed E-state index contributed by atoms with van der Waals surface area (Å²) in [6.45, 7) is 16.3. The average Bonchev–Trinajstić information content (AvgIpc) is 2.40. The highest BCUT2D eigenvalue weighted by Crippen LogP contribution is 2.11. The molecule has 0 aliphatic carbocycles. The maximum Gasteiger partial charge on any atom is 0.407 e. The van der Waals surface area contributed by atoms with Gasteiger partial charge in [0.15, 0.2) is 5.96 Å². The van der Waals surface area contributed by atoms with E-state index >= 15 is 0 Å². The van der Waals surface area contributed by atoms with Gasteiger partial charge in [-0.3, -0.25) is 4.99 Å². The summed E-state index contributed by atoms with van der Waals surface area (Å²) < 4.78 is 5.35. The van der Waals surface area contributed by atoms with Gasteiger partial charge in [0.05, 0.1) is 0 Å². The zero-order chi connectivity index (χ0) is 18.0. The molecule has 0 radical (unpaired) electrons. The third-order valence-corrected chi connectivity index (χ3v) is 3.29. The number of nitrogens with zero attached hydrogens (tertiary/aromatic N) is 2. The molecule has 0 bridgehead atoms. The fraction of sp³-hybridized carbons (Fsp3) is 0.882. The number of guanidine groups is 1. The number of hydrogen-bond acceptors (Lipinski definition) is 3. The van der Waals surface area contributed by atoms with Crippen LogP contribution >= 0.6 is 24.0 Å². The van der Waals surface area contributed by atoms with E-state index in [0.29, 0.717) is 5.92 Å². The van der Waals surface area contributed by atoms with Crippen molar-refractivity contribution in [2.75, 3.05) is 26.7 Å². The van der Waals surface area contributed by atoms with Gasteiger partial charge in [-0.15, -0.1) is 24.0 Å². The van der Waals surface area contributed by atoms with Crippen molar-refractivity contribution in [3.05, 3.63) is 0 Å². The summed E-state index contributed by atoms with van der Waals surface area (Å²) in [6, 6.07) is 0.0665. The molecule has 0 aliphatic rings. The minimum absolute atomic E-state index is 0. The van der Waals surface area contributed by atoms with Crippen molar-refractivity contribution in [1.82, 2.24) is 15.5 Å². The first-order valence-corrected chi connectivity index (χ1v) is 8.59. The van der Waals surface area contributed by atoms with Gasteiger partial charge in [-0.25, -0.2) is 4.79 Å². The van der Waals surface area contributed by atoms with Crippen molar-refractivity contribution < 1.29 is 9.53 Å². The monoisotopic (exact) mass is 456 g/mol. The smallest absolute Gasteiger partial charge is 0.407 e. The molecule has 7 heteroatoms. The number of nitrogens with one attached hydrogen (secondary N) is 2. The Bertz CT molecular complexity index is 381. The van der Waals surface area contributed by atoms with Crippen molar-refractivity contribution in [3.63, 3.8) is 0 Å². The summed E-state index contributed by atoms with van der Waals surface area (Å²) in [5.74, 6) is 1.23. The van der Waals surface area contributed by atoms with Crippen LogP contribution in [0.15, 0.2) is 4.99 Å². The summed E-state index contributed by atoms with van der Waals surface area (Å²) in [4.78, 5) is 18.5. The van der Waals surface area contributed by atoms with E-state index in [2.05, 4.69) is 41.3 Å². The Morgan fingerprint density at radius 3 is 2.25 bits per heavy atom. The predicted octanol–water partition coefficient (Wildman–Crippen LogP) is 3.46. The predicted molar refractivity (Wildman–Crippen MR) is 112 cm³/mol. The van der Waals surface area contributed by atoms with Gasteiger partial charge in [0.2, 0.25) is 0 Å². The van der Waals surface area contributed by atoms with E-state index in [4.69, 9.17) is 4.74 Å². The van der Waals surface area contributed by atoms with Crippen molar-refractivity contribution in [2.24, 2.45) is 10.9 Å². The number of hydrogen-bond donors (Lipinski definition) is 2. The fourth-order valence-corrected chi connectivity index (χ4v) is 2.09. The van der Waals surface area contributed by atoms with E-state index in [0.717, 1.165) is 32.0 Å². The summed E-state index contributed by atoms with van der Waals surface area (Å²) in [5.41, 5.74) is -0.478. The lowest BCUT2D eigenvalue weighted by Gasteiger charge is -2.28. The van der Waals surface area contributed by atoms with Crippen molar-refractivity contribution in [1.29, 1.82) is 0 Å². The third-order valence-electron chi connectivity index (χ3n) is 3.29. The highest BCUT2D eigenvalue weighted by Gasteiger charge is 2.22. The quantitative estimate of drug-likeness (QED) is 0.350. The zero-order valence-electron chi connectivity index (χ0n) is 16.6. The Labute approximate surface area is 165 Å². The number of rotatable bonds is 7. The molecule has 1 amide bonds. The Hall–Kier alpha value is -0.730. The van der Waals surface area contributed by atoms with Gasteiger partial charge in [0, 0.05) is 32.7 Å². The number of halogens is 1. The summed E-state index contributed by atoms with van der Waals surface area (Å²) in [6.07, 6.45) is 0.481. The van der Waals surface area contributed by atoms with Crippen LogP contribution in [0, 0.1) is 5.92 Å². The van der Waals surface area contributed by atoms with Gasteiger partial charge in [-0.1, -0.05) is 13.8 Å². The van der Waals surface area contributed by atoms with E-state index in [1.807, 2.05) is 34.7 Å². The Morgan fingerprint density at radius 2 is 1.83 bits per heavy atom. The van der Waals surface area contributed by atoms with Crippen LogP contribution in [0.3, 0.4) is 0 Å². The van der Waals surface area contributed by atoms with Gasteiger partial charge in [0.1, 0.15) is 5.60 Å². The van der Waals surface area contributed by atoms with Gasteiger partial charge >= 0.3 is 6.09 Å². The number of ether oxygens (including phenoxy) is 1. The minimum atomic E-state index is -0.478. The van der Waals surface area contributed by atoms with Gasteiger partial charge in [0.25, 0.3) is 0 Å².